The number of aliphatic hydroxyl groups excluding tert-OH is 1. The maximum atomic E-state index is 10.4. The SMILES string of the molecule is Cc1nnc(CCCCO)n1CCCC(=O)O. The predicted octanol–water partition coefficient (Wildman–Crippen LogP) is 0.766. The smallest absolute Gasteiger partial charge is 0.303 e. The summed E-state index contributed by atoms with van der Waals surface area (Å²) in [6.07, 6.45) is 3.14. The molecule has 0 aliphatic rings. The lowest BCUT2D eigenvalue weighted by Gasteiger charge is -2.07. The molecule has 0 radical (unpaired) electrons. The van der Waals surface area contributed by atoms with Crippen molar-refractivity contribution < 1.29 is 15.0 Å². The summed E-state index contributed by atoms with van der Waals surface area (Å²) in [5.41, 5.74) is 0. The van der Waals surface area contributed by atoms with Crippen LogP contribution in [-0.4, -0.2) is 37.6 Å². The van der Waals surface area contributed by atoms with Crippen LogP contribution in [0.1, 0.15) is 37.3 Å². The van der Waals surface area contributed by atoms with Gasteiger partial charge in [-0.05, 0) is 26.2 Å². The van der Waals surface area contributed by atoms with Crippen LogP contribution in [0, 0.1) is 6.92 Å². The summed E-state index contributed by atoms with van der Waals surface area (Å²) in [5, 5.41) is 25.4. The topological polar surface area (TPSA) is 88.2 Å². The minimum absolute atomic E-state index is 0.160. The van der Waals surface area contributed by atoms with E-state index in [2.05, 4.69) is 10.2 Å². The van der Waals surface area contributed by atoms with Crippen molar-refractivity contribution in [2.75, 3.05) is 6.61 Å². The van der Waals surface area contributed by atoms with Gasteiger partial charge in [0, 0.05) is 26.0 Å². The quantitative estimate of drug-likeness (QED) is 0.656. The minimum Gasteiger partial charge on any atom is -0.481 e. The third-order valence-electron chi connectivity index (χ3n) is 2.59. The van der Waals surface area contributed by atoms with E-state index >= 15 is 0 Å². The zero-order valence-electron chi connectivity index (χ0n) is 10.1. The Labute approximate surface area is 100 Å². The van der Waals surface area contributed by atoms with Crippen molar-refractivity contribution in [2.45, 2.75) is 45.6 Å². The summed E-state index contributed by atoms with van der Waals surface area (Å²) in [6, 6.07) is 0. The van der Waals surface area contributed by atoms with Crippen LogP contribution < -0.4 is 0 Å². The third kappa shape index (κ3) is 4.52. The zero-order chi connectivity index (χ0) is 12.7. The molecule has 0 saturated heterocycles. The number of carbonyl (C=O) groups is 1. The summed E-state index contributed by atoms with van der Waals surface area (Å²) in [7, 11) is 0. The first-order valence-electron chi connectivity index (χ1n) is 5.86. The van der Waals surface area contributed by atoms with E-state index in [1.807, 2.05) is 11.5 Å². The Morgan fingerprint density at radius 2 is 2.06 bits per heavy atom. The molecule has 0 atom stereocenters. The molecular weight excluding hydrogens is 222 g/mol. The Morgan fingerprint density at radius 3 is 2.71 bits per heavy atom. The first-order chi connectivity index (χ1) is 8.15. The fourth-order valence-electron chi connectivity index (χ4n) is 1.68. The van der Waals surface area contributed by atoms with Gasteiger partial charge in [0.05, 0.1) is 0 Å². The summed E-state index contributed by atoms with van der Waals surface area (Å²) in [5.74, 6) is 0.910. The highest BCUT2D eigenvalue weighted by Gasteiger charge is 2.08. The molecule has 6 nitrogen and oxygen atoms in total. The van der Waals surface area contributed by atoms with E-state index in [-0.39, 0.29) is 13.0 Å². The molecule has 1 heterocycles. The van der Waals surface area contributed by atoms with Crippen LogP contribution >= 0.6 is 0 Å². The highest BCUT2D eigenvalue weighted by molar-refractivity contribution is 5.66. The molecule has 0 saturated carbocycles. The lowest BCUT2D eigenvalue weighted by Crippen LogP contribution is -2.08. The lowest BCUT2D eigenvalue weighted by molar-refractivity contribution is -0.137. The van der Waals surface area contributed by atoms with Crippen LogP contribution in [0.25, 0.3) is 0 Å². The normalized spacial score (nSPS) is 10.7. The molecule has 1 aromatic heterocycles. The fourth-order valence-corrected chi connectivity index (χ4v) is 1.68. The average molecular weight is 241 g/mol. The van der Waals surface area contributed by atoms with Crippen molar-refractivity contribution >= 4 is 5.97 Å². The number of carboxylic acid groups (broad SMARTS) is 1. The van der Waals surface area contributed by atoms with Gasteiger partial charge in [0.1, 0.15) is 11.6 Å². The van der Waals surface area contributed by atoms with Crippen molar-refractivity contribution in [1.82, 2.24) is 14.8 Å². The maximum Gasteiger partial charge on any atom is 0.303 e. The van der Waals surface area contributed by atoms with Crippen LogP contribution in [0.2, 0.25) is 0 Å². The van der Waals surface area contributed by atoms with Crippen LogP contribution in [0.15, 0.2) is 0 Å². The second-order valence-electron chi connectivity index (χ2n) is 3.99. The Bertz CT molecular complexity index is 363. The molecule has 0 aliphatic carbocycles. The van der Waals surface area contributed by atoms with Gasteiger partial charge < -0.3 is 14.8 Å². The number of unbranched alkanes of at least 4 members (excludes halogenated alkanes) is 1. The predicted molar refractivity (Wildman–Crippen MR) is 61.7 cm³/mol. The number of hydrogen-bond donors (Lipinski definition) is 2. The Morgan fingerprint density at radius 1 is 1.29 bits per heavy atom. The zero-order valence-corrected chi connectivity index (χ0v) is 10.1. The molecule has 96 valence electrons. The summed E-state index contributed by atoms with van der Waals surface area (Å²) < 4.78 is 1.96. The molecule has 6 heteroatoms. The van der Waals surface area contributed by atoms with Gasteiger partial charge in [0.25, 0.3) is 0 Å². The van der Waals surface area contributed by atoms with E-state index in [0.29, 0.717) is 13.0 Å². The third-order valence-corrected chi connectivity index (χ3v) is 2.59. The molecule has 1 aromatic rings. The van der Waals surface area contributed by atoms with Gasteiger partial charge in [0.15, 0.2) is 0 Å². The first kappa shape index (κ1) is 13.6. The maximum absolute atomic E-state index is 10.4. The molecule has 0 fully saturated rings. The number of aryl methyl sites for hydroxylation is 2. The Hall–Kier alpha value is -1.43. The Kier molecular flexibility index (Phi) is 5.62. The fraction of sp³-hybridized carbons (Fsp3) is 0.727. The largest absolute Gasteiger partial charge is 0.481 e. The van der Waals surface area contributed by atoms with Gasteiger partial charge in [-0.15, -0.1) is 10.2 Å². The highest BCUT2D eigenvalue weighted by Crippen LogP contribution is 2.07. The van der Waals surface area contributed by atoms with E-state index < -0.39 is 5.97 Å². The number of aliphatic hydroxyl groups is 1. The number of nitrogens with zero attached hydrogens (tertiary/aromatic N) is 3. The van der Waals surface area contributed by atoms with E-state index in [4.69, 9.17) is 10.2 Å². The van der Waals surface area contributed by atoms with Gasteiger partial charge in [0.2, 0.25) is 0 Å². The first-order valence-corrected chi connectivity index (χ1v) is 5.86. The lowest BCUT2D eigenvalue weighted by atomic mass is 10.2. The van der Waals surface area contributed by atoms with Crippen molar-refractivity contribution in [2.24, 2.45) is 0 Å². The van der Waals surface area contributed by atoms with Crippen LogP contribution in [-0.2, 0) is 17.8 Å². The van der Waals surface area contributed by atoms with Crippen molar-refractivity contribution in [3.8, 4) is 0 Å². The molecule has 1 rings (SSSR count). The van der Waals surface area contributed by atoms with Gasteiger partial charge in [-0.2, -0.15) is 0 Å². The second kappa shape index (κ2) is 7.01. The molecule has 0 bridgehead atoms. The van der Waals surface area contributed by atoms with Crippen LogP contribution in [0.4, 0.5) is 0 Å². The van der Waals surface area contributed by atoms with Gasteiger partial charge in [-0.25, -0.2) is 0 Å². The van der Waals surface area contributed by atoms with Gasteiger partial charge in [-0.3, -0.25) is 4.79 Å². The molecular formula is C11H19N3O3. The van der Waals surface area contributed by atoms with Crippen molar-refractivity contribution in [1.29, 1.82) is 0 Å². The van der Waals surface area contributed by atoms with Crippen molar-refractivity contribution in [3.63, 3.8) is 0 Å². The molecule has 0 aliphatic heterocycles. The summed E-state index contributed by atoms with van der Waals surface area (Å²) in [4.78, 5) is 10.4. The number of aromatic nitrogens is 3. The summed E-state index contributed by atoms with van der Waals surface area (Å²) >= 11 is 0. The number of rotatable bonds is 8. The minimum atomic E-state index is -0.780. The summed E-state index contributed by atoms with van der Waals surface area (Å²) in [6.45, 7) is 2.69. The van der Waals surface area contributed by atoms with Gasteiger partial charge >= 0.3 is 5.97 Å². The average Bonchev–Trinajstić information content (AvgIpc) is 2.61. The van der Waals surface area contributed by atoms with Crippen LogP contribution in [0.3, 0.4) is 0 Å². The molecule has 0 aromatic carbocycles. The number of aliphatic carboxylic acids is 1. The Balaban J connectivity index is 2.50. The standard InChI is InChI=1S/C11H19N3O3/c1-9-12-13-10(5-2-3-8-15)14(9)7-4-6-11(16)17/h15H,2-8H2,1H3,(H,16,17). The molecule has 0 spiro atoms. The van der Waals surface area contributed by atoms with Gasteiger partial charge in [-0.1, -0.05) is 0 Å². The van der Waals surface area contributed by atoms with Crippen LogP contribution in [0.5, 0.6) is 0 Å². The monoisotopic (exact) mass is 241 g/mol. The molecule has 0 amide bonds. The van der Waals surface area contributed by atoms with Crippen molar-refractivity contribution in [3.05, 3.63) is 11.6 Å². The highest BCUT2D eigenvalue weighted by atomic mass is 16.4. The van der Waals surface area contributed by atoms with E-state index in [1.165, 1.54) is 0 Å². The number of carboxylic acids is 1. The molecule has 2 N–H and O–H groups in total. The second-order valence-corrected chi connectivity index (χ2v) is 3.99. The molecule has 0 unspecified atom stereocenters. The molecule has 17 heavy (non-hydrogen) atoms. The number of hydrogen-bond acceptors (Lipinski definition) is 4. The van der Waals surface area contributed by atoms with E-state index in [9.17, 15) is 4.79 Å². The van der Waals surface area contributed by atoms with E-state index in [1.54, 1.807) is 0 Å². The van der Waals surface area contributed by atoms with E-state index in [0.717, 1.165) is 30.9 Å².